The third-order valence-corrected chi connectivity index (χ3v) is 5.90. The summed E-state index contributed by atoms with van der Waals surface area (Å²) in [6.07, 6.45) is 3.52. The molecule has 28 heavy (non-hydrogen) atoms. The molecule has 1 aromatic heterocycles. The van der Waals surface area contributed by atoms with Gasteiger partial charge in [-0.05, 0) is 47.5 Å². The monoisotopic (exact) mass is 400 g/mol. The van der Waals surface area contributed by atoms with Crippen molar-refractivity contribution in [2.45, 2.75) is 52.1 Å². The molecule has 1 aliphatic heterocycles. The molecule has 0 atom stereocenters. The number of carbonyl (C=O) groups excluding carboxylic acids is 2. The Morgan fingerprint density at radius 2 is 2.14 bits per heavy atom. The van der Waals surface area contributed by atoms with E-state index in [-0.39, 0.29) is 24.7 Å². The van der Waals surface area contributed by atoms with E-state index < -0.39 is 0 Å². The molecule has 3 rings (SSSR count). The maximum atomic E-state index is 12.4. The van der Waals surface area contributed by atoms with Crippen LogP contribution in [0.25, 0.3) is 0 Å². The number of fused-ring (bicyclic) bond motifs is 1. The van der Waals surface area contributed by atoms with Gasteiger partial charge in [0.2, 0.25) is 11.8 Å². The van der Waals surface area contributed by atoms with Crippen LogP contribution in [0.3, 0.4) is 0 Å². The molecule has 2 amide bonds. The third-order valence-electron chi connectivity index (χ3n) is 4.88. The Morgan fingerprint density at radius 3 is 3.00 bits per heavy atom. The summed E-state index contributed by atoms with van der Waals surface area (Å²) in [5.41, 5.74) is 2.24. The van der Waals surface area contributed by atoms with Gasteiger partial charge in [0.25, 0.3) is 0 Å². The normalized spacial score (nSPS) is 13.1. The van der Waals surface area contributed by atoms with Crippen LogP contribution in [0.15, 0.2) is 35.7 Å². The Morgan fingerprint density at radius 1 is 1.25 bits per heavy atom. The van der Waals surface area contributed by atoms with Crippen LogP contribution in [0.2, 0.25) is 0 Å². The molecule has 0 bridgehead atoms. The lowest BCUT2D eigenvalue weighted by atomic mass is 10.1. The number of carbonyl (C=O) groups is 2. The van der Waals surface area contributed by atoms with Crippen molar-refractivity contribution in [3.8, 4) is 5.75 Å². The average molecular weight is 401 g/mol. The first kappa shape index (κ1) is 20.4. The molecule has 0 fully saturated rings. The number of nitrogens with one attached hydrogen (secondary N) is 1. The number of ether oxygens (including phenoxy) is 1. The predicted molar refractivity (Wildman–Crippen MR) is 111 cm³/mol. The maximum absolute atomic E-state index is 12.4. The van der Waals surface area contributed by atoms with Gasteiger partial charge < -0.3 is 15.0 Å². The lowest BCUT2D eigenvalue weighted by molar-refractivity contribution is -0.134. The molecular weight excluding hydrogens is 372 g/mol. The van der Waals surface area contributed by atoms with Gasteiger partial charge in [0.1, 0.15) is 5.75 Å². The van der Waals surface area contributed by atoms with Gasteiger partial charge in [0.15, 0.2) is 0 Å². The van der Waals surface area contributed by atoms with Crippen LogP contribution in [0.5, 0.6) is 5.75 Å². The number of amides is 2. The average Bonchev–Trinajstić information content (AvgIpc) is 3.19. The van der Waals surface area contributed by atoms with Gasteiger partial charge in [-0.1, -0.05) is 25.5 Å². The summed E-state index contributed by atoms with van der Waals surface area (Å²) in [5.74, 6) is 0.783. The molecule has 1 aliphatic rings. The standard InChI is InChI=1S/C22H28N2O3S/c1-2-3-12-27-19-6-4-5-17(14-19)15-23-21(25)7-8-22(26)24-11-9-20-18(16-24)10-13-28-20/h4-6,10,13-14H,2-3,7-9,11-12,15-16H2,1H3,(H,23,25). The number of hydrogen-bond donors (Lipinski definition) is 1. The Bertz CT molecular complexity index is 803. The molecule has 5 nitrogen and oxygen atoms in total. The molecule has 0 saturated carbocycles. The van der Waals surface area contributed by atoms with Crippen LogP contribution >= 0.6 is 11.3 Å². The molecule has 2 heterocycles. The quantitative estimate of drug-likeness (QED) is 0.649. The first-order chi connectivity index (χ1) is 13.7. The van der Waals surface area contributed by atoms with E-state index in [2.05, 4.69) is 23.7 Å². The number of benzene rings is 1. The van der Waals surface area contributed by atoms with Gasteiger partial charge in [-0.25, -0.2) is 0 Å². The highest BCUT2D eigenvalue weighted by atomic mass is 32.1. The summed E-state index contributed by atoms with van der Waals surface area (Å²) < 4.78 is 5.70. The van der Waals surface area contributed by atoms with Gasteiger partial charge in [0.05, 0.1) is 6.61 Å². The molecule has 0 unspecified atom stereocenters. The summed E-state index contributed by atoms with van der Waals surface area (Å²) in [6.45, 7) is 4.70. The second-order valence-electron chi connectivity index (χ2n) is 7.06. The van der Waals surface area contributed by atoms with E-state index in [1.54, 1.807) is 11.3 Å². The minimum atomic E-state index is -0.0983. The van der Waals surface area contributed by atoms with Crippen LogP contribution in [-0.2, 0) is 29.1 Å². The van der Waals surface area contributed by atoms with E-state index in [1.165, 1.54) is 10.4 Å². The fourth-order valence-electron chi connectivity index (χ4n) is 3.21. The number of thiophene rings is 1. The maximum Gasteiger partial charge on any atom is 0.223 e. The zero-order valence-corrected chi connectivity index (χ0v) is 17.2. The van der Waals surface area contributed by atoms with Crippen LogP contribution < -0.4 is 10.1 Å². The second kappa shape index (κ2) is 10.3. The van der Waals surface area contributed by atoms with E-state index in [0.717, 1.165) is 37.1 Å². The lowest BCUT2D eigenvalue weighted by Gasteiger charge is -2.27. The molecular formula is C22H28N2O3S. The van der Waals surface area contributed by atoms with Crippen molar-refractivity contribution in [2.24, 2.45) is 0 Å². The zero-order valence-electron chi connectivity index (χ0n) is 16.4. The summed E-state index contributed by atoms with van der Waals surface area (Å²) in [6, 6.07) is 9.86. The number of unbranched alkanes of at least 4 members (excludes halogenated alkanes) is 1. The summed E-state index contributed by atoms with van der Waals surface area (Å²) >= 11 is 1.76. The van der Waals surface area contributed by atoms with Crippen LogP contribution in [0.4, 0.5) is 0 Å². The smallest absolute Gasteiger partial charge is 0.223 e. The highest BCUT2D eigenvalue weighted by molar-refractivity contribution is 7.10. The van der Waals surface area contributed by atoms with Crippen molar-refractivity contribution in [2.75, 3.05) is 13.2 Å². The Labute approximate surface area is 170 Å². The van der Waals surface area contributed by atoms with E-state index in [4.69, 9.17) is 4.74 Å². The van der Waals surface area contributed by atoms with Crippen LogP contribution in [0.1, 0.15) is 48.6 Å². The zero-order chi connectivity index (χ0) is 19.8. The van der Waals surface area contributed by atoms with Gasteiger partial charge in [-0.15, -0.1) is 11.3 Å². The van der Waals surface area contributed by atoms with Crippen molar-refractivity contribution in [3.63, 3.8) is 0 Å². The topological polar surface area (TPSA) is 58.6 Å². The van der Waals surface area contributed by atoms with E-state index in [1.807, 2.05) is 29.2 Å². The summed E-state index contributed by atoms with van der Waals surface area (Å²) in [7, 11) is 0. The Hall–Kier alpha value is -2.34. The Balaban J connectivity index is 1.39. The van der Waals surface area contributed by atoms with Crippen LogP contribution in [0, 0.1) is 0 Å². The molecule has 2 aromatic rings. The van der Waals surface area contributed by atoms with Gasteiger partial charge in [0, 0.05) is 37.4 Å². The minimum absolute atomic E-state index is 0.0540. The van der Waals surface area contributed by atoms with Crippen molar-refractivity contribution in [1.29, 1.82) is 0 Å². The number of hydrogen-bond acceptors (Lipinski definition) is 4. The van der Waals surface area contributed by atoms with E-state index in [9.17, 15) is 9.59 Å². The first-order valence-electron chi connectivity index (χ1n) is 9.97. The van der Waals surface area contributed by atoms with Gasteiger partial charge >= 0.3 is 0 Å². The summed E-state index contributed by atoms with van der Waals surface area (Å²) in [5, 5.41) is 4.98. The molecule has 0 spiro atoms. The third kappa shape index (κ3) is 5.83. The molecule has 1 aromatic carbocycles. The molecule has 0 saturated heterocycles. The van der Waals surface area contributed by atoms with Crippen molar-refractivity contribution < 1.29 is 14.3 Å². The van der Waals surface area contributed by atoms with Crippen molar-refractivity contribution in [3.05, 3.63) is 51.7 Å². The molecule has 0 radical (unpaired) electrons. The van der Waals surface area contributed by atoms with Gasteiger partial charge in [-0.2, -0.15) is 0 Å². The fraction of sp³-hybridized carbons (Fsp3) is 0.455. The largest absolute Gasteiger partial charge is 0.494 e. The molecule has 6 heteroatoms. The van der Waals surface area contributed by atoms with Crippen molar-refractivity contribution in [1.82, 2.24) is 10.2 Å². The summed E-state index contributed by atoms with van der Waals surface area (Å²) in [4.78, 5) is 27.8. The van der Waals surface area contributed by atoms with E-state index >= 15 is 0 Å². The van der Waals surface area contributed by atoms with Crippen molar-refractivity contribution >= 4 is 23.2 Å². The minimum Gasteiger partial charge on any atom is -0.494 e. The van der Waals surface area contributed by atoms with E-state index in [0.29, 0.717) is 19.7 Å². The highest BCUT2D eigenvalue weighted by Crippen LogP contribution is 2.24. The highest BCUT2D eigenvalue weighted by Gasteiger charge is 2.21. The number of rotatable bonds is 9. The molecule has 1 N–H and O–H groups in total. The molecule has 150 valence electrons. The molecule has 0 aliphatic carbocycles. The number of nitrogens with zero attached hydrogens (tertiary/aromatic N) is 1. The van der Waals surface area contributed by atoms with Gasteiger partial charge in [-0.3, -0.25) is 9.59 Å². The lowest BCUT2D eigenvalue weighted by Crippen LogP contribution is -2.36. The predicted octanol–water partition coefficient (Wildman–Crippen LogP) is 3.91. The Kier molecular flexibility index (Phi) is 7.48. The first-order valence-corrected chi connectivity index (χ1v) is 10.8. The fourth-order valence-corrected chi connectivity index (χ4v) is 4.10. The SMILES string of the molecule is CCCCOc1cccc(CNC(=O)CCC(=O)N2CCc3sccc3C2)c1. The second-order valence-corrected chi connectivity index (χ2v) is 8.06. The van der Waals surface area contributed by atoms with Crippen LogP contribution in [-0.4, -0.2) is 29.9 Å².